The fourth-order valence-electron chi connectivity index (χ4n) is 6.16. The zero-order valence-electron chi connectivity index (χ0n) is 24.2. The minimum absolute atomic E-state index is 0.108. The molecule has 43 heavy (non-hydrogen) atoms. The predicted molar refractivity (Wildman–Crippen MR) is 159 cm³/mol. The molecule has 8 nitrogen and oxygen atoms in total. The quantitative estimate of drug-likeness (QED) is 0.239. The van der Waals surface area contributed by atoms with Crippen LogP contribution in [0.1, 0.15) is 54.3 Å². The van der Waals surface area contributed by atoms with Gasteiger partial charge >= 0.3 is 0 Å². The smallest absolute Gasteiger partial charge is 0.251 e. The number of piperidine rings is 1. The van der Waals surface area contributed by atoms with E-state index in [1.165, 1.54) is 12.1 Å². The van der Waals surface area contributed by atoms with E-state index in [2.05, 4.69) is 23.8 Å². The number of hydrogen-bond donors (Lipinski definition) is 1. The minimum atomic E-state index is -0.903. The van der Waals surface area contributed by atoms with Crippen molar-refractivity contribution in [3.8, 4) is 11.1 Å². The van der Waals surface area contributed by atoms with Crippen LogP contribution in [0.3, 0.4) is 0 Å². The van der Waals surface area contributed by atoms with Crippen LogP contribution in [0.15, 0.2) is 48.8 Å². The standard InChI is InChI=1S/C32H34F3N7O/c1-19(2)13-27-30(31(36)43)29(24-17-38-42(32(24)39-27)23-7-10-40(11-8-23)12-9-33)21-4-6-28-22(15-21)16-37-41(28)18-20-3-5-25(34)26(35)14-20/h3-6,14-17,19,23H,7-13,18H2,1-2H3,(H2,36,43). The molecule has 5 aromatic rings. The van der Waals surface area contributed by atoms with Crippen molar-refractivity contribution in [3.63, 3.8) is 0 Å². The lowest BCUT2D eigenvalue weighted by Gasteiger charge is -2.31. The molecule has 0 bridgehead atoms. The highest BCUT2D eigenvalue weighted by Crippen LogP contribution is 2.37. The van der Waals surface area contributed by atoms with Gasteiger partial charge in [-0.15, -0.1) is 0 Å². The summed E-state index contributed by atoms with van der Waals surface area (Å²) >= 11 is 0. The highest BCUT2D eigenvalue weighted by atomic mass is 19.2. The molecular formula is C32H34F3N7O. The van der Waals surface area contributed by atoms with E-state index in [-0.39, 0.29) is 25.2 Å². The SMILES string of the molecule is CC(C)Cc1nc2c(cnn2C2CCN(CCF)CC2)c(-c2ccc3c(cnn3Cc3ccc(F)c(F)c3)c2)c1C(N)=O. The van der Waals surface area contributed by atoms with Gasteiger partial charge in [0.2, 0.25) is 0 Å². The monoisotopic (exact) mass is 589 g/mol. The second-order valence-electron chi connectivity index (χ2n) is 11.7. The number of nitrogens with two attached hydrogens (primary N) is 1. The van der Waals surface area contributed by atoms with Crippen molar-refractivity contribution in [2.75, 3.05) is 26.3 Å². The predicted octanol–water partition coefficient (Wildman–Crippen LogP) is 5.68. The maximum Gasteiger partial charge on any atom is 0.251 e. The third kappa shape index (κ3) is 5.61. The molecule has 224 valence electrons. The van der Waals surface area contributed by atoms with Gasteiger partial charge in [0.15, 0.2) is 17.3 Å². The van der Waals surface area contributed by atoms with Crippen molar-refractivity contribution in [1.82, 2.24) is 29.4 Å². The Kier molecular flexibility index (Phi) is 7.91. The summed E-state index contributed by atoms with van der Waals surface area (Å²) in [6.45, 7) is 6.06. The summed E-state index contributed by atoms with van der Waals surface area (Å²) in [6, 6.07) is 9.70. The molecule has 2 N–H and O–H groups in total. The second-order valence-corrected chi connectivity index (χ2v) is 11.7. The number of carbonyl (C=O) groups is 1. The first-order chi connectivity index (χ1) is 20.7. The number of nitrogens with zero attached hydrogens (tertiary/aromatic N) is 6. The summed E-state index contributed by atoms with van der Waals surface area (Å²) in [5, 5.41) is 10.8. The van der Waals surface area contributed by atoms with Crippen molar-refractivity contribution in [1.29, 1.82) is 0 Å². The van der Waals surface area contributed by atoms with Crippen molar-refractivity contribution in [3.05, 3.63) is 77.2 Å². The number of rotatable bonds is 9. The number of primary amides is 1. The van der Waals surface area contributed by atoms with Gasteiger partial charge in [-0.1, -0.05) is 26.0 Å². The summed E-state index contributed by atoms with van der Waals surface area (Å²) in [5.74, 6) is -2.12. The van der Waals surface area contributed by atoms with Gasteiger partial charge in [-0.05, 0) is 60.6 Å². The first-order valence-electron chi connectivity index (χ1n) is 14.6. The molecule has 0 saturated carbocycles. The van der Waals surface area contributed by atoms with Crippen LogP contribution in [0, 0.1) is 17.6 Å². The van der Waals surface area contributed by atoms with Gasteiger partial charge in [0, 0.05) is 36.0 Å². The van der Waals surface area contributed by atoms with Crippen molar-refractivity contribution >= 4 is 27.8 Å². The average Bonchev–Trinajstić information content (AvgIpc) is 3.58. The molecule has 3 aromatic heterocycles. The Hall–Kier alpha value is -4.25. The molecule has 1 saturated heterocycles. The van der Waals surface area contributed by atoms with Crippen molar-refractivity contribution in [2.45, 2.75) is 45.7 Å². The van der Waals surface area contributed by atoms with Gasteiger partial charge in [-0.2, -0.15) is 10.2 Å². The highest BCUT2D eigenvalue weighted by Gasteiger charge is 2.27. The third-order valence-corrected chi connectivity index (χ3v) is 8.22. The van der Waals surface area contributed by atoms with Crippen LogP contribution >= 0.6 is 0 Å². The zero-order chi connectivity index (χ0) is 30.2. The lowest BCUT2D eigenvalue weighted by Crippen LogP contribution is -2.36. The van der Waals surface area contributed by atoms with Crippen molar-refractivity contribution < 1.29 is 18.0 Å². The van der Waals surface area contributed by atoms with Gasteiger partial charge in [0.05, 0.1) is 41.8 Å². The molecule has 0 radical (unpaired) electrons. The van der Waals surface area contributed by atoms with Crippen LogP contribution in [0.2, 0.25) is 0 Å². The molecule has 0 unspecified atom stereocenters. The van der Waals surface area contributed by atoms with E-state index in [0.717, 1.165) is 53.9 Å². The Morgan fingerprint density at radius 3 is 2.53 bits per heavy atom. The molecule has 0 spiro atoms. The van der Waals surface area contributed by atoms with Gasteiger partial charge < -0.3 is 10.6 Å². The summed E-state index contributed by atoms with van der Waals surface area (Å²) < 4.78 is 43.8. The first-order valence-corrected chi connectivity index (χ1v) is 14.6. The topological polar surface area (TPSA) is 94.9 Å². The lowest BCUT2D eigenvalue weighted by molar-refractivity contribution is 0.0999. The van der Waals surface area contributed by atoms with Crippen LogP contribution in [0.4, 0.5) is 13.2 Å². The molecule has 4 heterocycles. The van der Waals surface area contributed by atoms with E-state index < -0.39 is 17.5 Å². The number of alkyl halides is 1. The summed E-state index contributed by atoms with van der Waals surface area (Å²) in [5.41, 5.74) is 10.6. The first kappa shape index (κ1) is 28.9. The van der Waals surface area contributed by atoms with Gasteiger partial charge in [-0.25, -0.2) is 22.8 Å². The van der Waals surface area contributed by atoms with Crippen LogP contribution in [-0.4, -0.2) is 61.7 Å². The third-order valence-electron chi connectivity index (χ3n) is 8.22. The second kappa shape index (κ2) is 11.8. The highest BCUT2D eigenvalue weighted by molar-refractivity contribution is 6.09. The molecule has 1 amide bonds. The molecule has 0 atom stereocenters. The molecule has 0 aliphatic carbocycles. The number of carbonyl (C=O) groups excluding carboxylic acids is 1. The van der Waals surface area contributed by atoms with E-state index in [4.69, 9.17) is 15.8 Å². The van der Waals surface area contributed by atoms with E-state index in [1.54, 1.807) is 17.1 Å². The van der Waals surface area contributed by atoms with Gasteiger partial charge in [0.1, 0.15) is 6.67 Å². The Bertz CT molecular complexity index is 1800. The zero-order valence-corrected chi connectivity index (χ0v) is 24.2. The molecule has 2 aromatic carbocycles. The summed E-state index contributed by atoms with van der Waals surface area (Å²) in [4.78, 5) is 20.1. The fourth-order valence-corrected chi connectivity index (χ4v) is 6.16. The summed E-state index contributed by atoms with van der Waals surface area (Å²) in [6.07, 6.45) is 5.69. The Balaban J connectivity index is 1.44. The van der Waals surface area contributed by atoms with E-state index >= 15 is 0 Å². The minimum Gasteiger partial charge on any atom is -0.366 e. The number of amides is 1. The average molecular weight is 590 g/mol. The van der Waals surface area contributed by atoms with Gasteiger partial charge in [-0.3, -0.25) is 9.48 Å². The van der Waals surface area contributed by atoms with E-state index in [9.17, 15) is 18.0 Å². The van der Waals surface area contributed by atoms with Crippen LogP contribution < -0.4 is 5.73 Å². The number of halogens is 3. The maximum atomic E-state index is 13.8. The van der Waals surface area contributed by atoms with E-state index in [1.807, 2.05) is 22.9 Å². The summed E-state index contributed by atoms with van der Waals surface area (Å²) in [7, 11) is 0. The van der Waals surface area contributed by atoms with Crippen LogP contribution in [0.25, 0.3) is 33.1 Å². The number of benzene rings is 2. The number of hydrogen-bond acceptors (Lipinski definition) is 5. The van der Waals surface area contributed by atoms with Crippen molar-refractivity contribution in [2.24, 2.45) is 11.7 Å². The molecule has 1 aliphatic heterocycles. The molecule has 1 aliphatic rings. The Morgan fingerprint density at radius 2 is 1.84 bits per heavy atom. The molecule has 11 heteroatoms. The Labute approximate surface area is 247 Å². The van der Waals surface area contributed by atoms with Crippen LogP contribution in [0.5, 0.6) is 0 Å². The van der Waals surface area contributed by atoms with Crippen LogP contribution in [-0.2, 0) is 13.0 Å². The number of likely N-dealkylation sites (tertiary alicyclic amines) is 1. The molecular weight excluding hydrogens is 555 g/mol. The lowest BCUT2D eigenvalue weighted by atomic mass is 9.92. The number of aromatic nitrogens is 5. The van der Waals surface area contributed by atoms with E-state index in [0.29, 0.717) is 41.0 Å². The number of pyridine rings is 1. The maximum absolute atomic E-state index is 13.8. The molecule has 1 fully saturated rings. The molecule has 6 rings (SSSR count). The fraction of sp³-hybridized carbons (Fsp3) is 0.375. The largest absolute Gasteiger partial charge is 0.366 e. The normalized spacial score (nSPS) is 14.8. The van der Waals surface area contributed by atoms with Gasteiger partial charge in [0.25, 0.3) is 5.91 Å². The Morgan fingerprint density at radius 1 is 1.05 bits per heavy atom. The number of fused-ring (bicyclic) bond motifs is 2.